The summed E-state index contributed by atoms with van der Waals surface area (Å²) in [6.45, 7) is 4.81. The van der Waals surface area contributed by atoms with Crippen molar-refractivity contribution >= 4 is 11.7 Å². The lowest BCUT2D eigenvalue weighted by Crippen LogP contribution is -2.37. The van der Waals surface area contributed by atoms with Gasteiger partial charge in [0, 0.05) is 11.7 Å². The summed E-state index contributed by atoms with van der Waals surface area (Å²) in [6.07, 6.45) is -3.58. The number of rotatable bonds is 1. The van der Waals surface area contributed by atoms with Crippen LogP contribution >= 0.6 is 0 Å². The molecule has 0 atom stereocenters. The molecule has 1 heterocycles. The topological polar surface area (TPSA) is 90.0 Å². The fourth-order valence-electron chi connectivity index (χ4n) is 1.41. The zero-order valence-corrected chi connectivity index (χ0v) is 12.2. The minimum Gasteiger partial charge on any atom is -0.382 e. The quantitative estimate of drug-likeness (QED) is 0.743. The second kappa shape index (κ2) is 6.09. The molecule has 3 N–H and O–H groups in total. The van der Waals surface area contributed by atoms with E-state index >= 15 is 0 Å². The fraction of sp³-hybridized carbons (Fsp3) is 0.462. The van der Waals surface area contributed by atoms with Gasteiger partial charge < -0.3 is 11.1 Å². The maximum atomic E-state index is 12.0. The first-order valence-corrected chi connectivity index (χ1v) is 6.16. The highest BCUT2D eigenvalue weighted by Crippen LogP contribution is 2.14. The van der Waals surface area contributed by atoms with Crippen LogP contribution in [0.3, 0.4) is 0 Å². The van der Waals surface area contributed by atoms with E-state index < -0.39 is 29.9 Å². The summed E-state index contributed by atoms with van der Waals surface area (Å²) in [5.41, 5.74) is 4.63. The van der Waals surface area contributed by atoms with Crippen LogP contribution in [0.5, 0.6) is 0 Å². The largest absolute Gasteiger partial charge is 0.471 e. The van der Waals surface area contributed by atoms with Crippen molar-refractivity contribution in [2.75, 3.05) is 12.3 Å². The first-order valence-electron chi connectivity index (χ1n) is 6.16. The minimum absolute atomic E-state index is 0.125. The van der Waals surface area contributed by atoms with Gasteiger partial charge in [-0.2, -0.15) is 18.2 Å². The van der Waals surface area contributed by atoms with Crippen molar-refractivity contribution in [2.45, 2.75) is 32.5 Å². The monoisotopic (exact) mass is 316 g/mol. The number of nitrogens with one attached hydrogen (secondary N) is 1. The van der Waals surface area contributed by atoms with Crippen molar-refractivity contribution in [3.8, 4) is 11.8 Å². The normalized spacial score (nSPS) is 11.5. The Hall–Kier alpha value is -2.50. The fourth-order valence-corrected chi connectivity index (χ4v) is 1.41. The minimum atomic E-state index is -4.96. The molecule has 0 aliphatic heterocycles. The number of aromatic nitrogens is 2. The maximum Gasteiger partial charge on any atom is 0.471 e. The summed E-state index contributed by atoms with van der Waals surface area (Å²) in [4.78, 5) is 25.9. The van der Waals surface area contributed by atoms with E-state index in [1.165, 1.54) is 10.8 Å². The summed E-state index contributed by atoms with van der Waals surface area (Å²) in [6, 6.07) is 0. The Labute approximate surface area is 124 Å². The molecule has 0 unspecified atom stereocenters. The van der Waals surface area contributed by atoms with E-state index in [2.05, 4.69) is 16.8 Å². The van der Waals surface area contributed by atoms with Crippen molar-refractivity contribution in [1.29, 1.82) is 0 Å². The third-order valence-corrected chi connectivity index (χ3v) is 2.50. The van der Waals surface area contributed by atoms with Crippen LogP contribution < -0.4 is 16.7 Å². The van der Waals surface area contributed by atoms with Gasteiger partial charge in [0.2, 0.25) is 0 Å². The SMILES string of the molecule is CC(C)(C)n1cc(C#CCNC(=O)C(F)(F)F)c(N)nc1=O. The van der Waals surface area contributed by atoms with E-state index in [0.29, 0.717) is 0 Å². The second-order valence-electron chi connectivity index (χ2n) is 5.35. The number of carbonyl (C=O) groups excluding carboxylic acids is 1. The number of halogens is 3. The number of nitrogens with zero attached hydrogens (tertiary/aromatic N) is 2. The van der Waals surface area contributed by atoms with Gasteiger partial charge in [0.25, 0.3) is 0 Å². The Morgan fingerprint density at radius 2 is 2.00 bits per heavy atom. The summed E-state index contributed by atoms with van der Waals surface area (Å²) in [7, 11) is 0. The summed E-state index contributed by atoms with van der Waals surface area (Å²) in [5, 5.41) is 1.60. The van der Waals surface area contributed by atoms with Gasteiger partial charge >= 0.3 is 17.8 Å². The number of hydrogen-bond acceptors (Lipinski definition) is 4. The average molecular weight is 316 g/mol. The summed E-state index contributed by atoms with van der Waals surface area (Å²) < 4.78 is 37.2. The molecule has 9 heteroatoms. The van der Waals surface area contributed by atoms with Crippen LogP contribution in [0.1, 0.15) is 26.3 Å². The Morgan fingerprint density at radius 1 is 1.41 bits per heavy atom. The Bertz CT molecular complexity index is 690. The van der Waals surface area contributed by atoms with Crippen molar-refractivity contribution in [3.05, 3.63) is 22.2 Å². The molecule has 0 radical (unpaired) electrons. The number of alkyl halides is 3. The van der Waals surface area contributed by atoms with Gasteiger partial charge in [-0.25, -0.2) is 4.79 Å². The Morgan fingerprint density at radius 3 is 2.50 bits per heavy atom. The van der Waals surface area contributed by atoms with Crippen LogP contribution in [-0.2, 0) is 10.3 Å². The van der Waals surface area contributed by atoms with E-state index in [0.717, 1.165) is 0 Å². The number of anilines is 1. The van der Waals surface area contributed by atoms with Crippen molar-refractivity contribution in [1.82, 2.24) is 14.9 Å². The molecular weight excluding hydrogens is 301 g/mol. The van der Waals surface area contributed by atoms with Gasteiger partial charge in [-0.15, -0.1) is 0 Å². The number of carbonyl (C=O) groups is 1. The number of nitrogens with two attached hydrogens (primary N) is 1. The van der Waals surface area contributed by atoms with Crippen LogP contribution in [0.2, 0.25) is 0 Å². The van der Waals surface area contributed by atoms with Crippen LogP contribution in [0.4, 0.5) is 19.0 Å². The molecule has 0 saturated carbocycles. The lowest BCUT2D eigenvalue weighted by atomic mass is 10.1. The van der Waals surface area contributed by atoms with Crippen LogP contribution in [0.15, 0.2) is 11.0 Å². The van der Waals surface area contributed by atoms with Gasteiger partial charge in [-0.05, 0) is 20.8 Å². The first kappa shape index (κ1) is 17.6. The molecular formula is C13H15F3N4O2. The highest BCUT2D eigenvalue weighted by Gasteiger charge is 2.38. The maximum absolute atomic E-state index is 12.0. The van der Waals surface area contributed by atoms with Gasteiger partial charge in [0.1, 0.15) is 5.82 Å². The molecule has 0 aromatic carbocycles. The molecule has 0 fully saturated rings. The number of amides is 1. The van der Waals surface area contributed by atoms with E-state index in [9.17, 15) is 22.8 Å². The molecule has 6 nitrogen and oxygen atoms in total. The third-order valence-electron chi connectivity index (χ3n) is 2.50. The number of nitrogen functional groups attached to an aromatic ring is 1. The molecule has 22 heavy (non-hydrogen) atoms. The molecule has 0 aliphatic rings. The lowest BCUT2D eigenvalue weighted by Gasteiger charge is -2.21. The highest BCUT2D eigenvalue weighted by atomic mass is 19.4. The summed E-state index contributed by atoms with van der Waals surface area (Å²) in [5.74, 6) is 2.61. The lowest BCUT2D eigenvalue weighted by molar-refractivity contribution is -0.173. The van der Waals surface area contributed by atoms with Crippen LogP contribution in [-0.4, -0.2) is 28.2 Å². The highest BCUT2D eigenvalue weighted by molar-refractivity contribution is 5.81. The standard InChI is InChI=1S/C13H15F3N4O2/c1-12(2,3)20-7-8(9(17)19-11(20)22)5-4-6-18-10(21)13(14,15)16/h7H,6H2,1-3H3,(H,18,21)(H2,17,19,22). The Balaban J connectivity index is 2.95. The van der Waals surface area contributed by atoms with Gasteiger partial charge in [-0.1, -0.05) is 11.8 Å². The molecule has 0 bridgehead atoms. The third kappa shape index (κ3) is 4.51. The van der Waals surface area contributed by atoms with Crippen molar-refractivity contribution in [2.24, 2.45) is 0 Å². The van der Waals surface area contributed by atoms with Gasteiger partial charge in [0.15, 0.2) is 0 Å². The predicted octanol–water partition coefficient (Wildman–Crippen LogP) is 0.611. The molecule has 0 spiro atoms. The van der Waals surface area contributed by atoms with Crippen molar-refractivity contribution in [3.63, 3.8) is 0 Å². The average Bonchev–Trinajstić information content (AvgIpc) is 2.33. The molecule has 1 rings (SSSR count). The van der Waals surface area contributed by atoms with E-state index in [1.807, 2.05) is 0 Å². The predicted molar refractivity (Wildman–Crippen MR) is 73.8 cm³/mol. The molecule has 1 aromatic rings. The van der Waals surface area contributed by atoms with Crippen LogP contribution in [0, 0.1) is 11.8 Å². The molecule has 120 valence electrons. The summed E-state index contributed by atoms with van der Waals surface area (Å²) >= 11 is 0. The van der Waals surface area contributed by atoms with E-state index in [4.69, 9.17) is 5.73 Å². The Kier molecular flexibility index (Phi) is 4.86. The number of hydrogen-bond donors (Lipinski definition) is 2. The smallest absolute Gasteiger partial charge is 0.382 e. The van der Waals surface area contributed by atoms with E-state index in [-0.39, 0.29) is 11.4 Å². The van der Waals surface area contributed by atoms with Crippen molar-refractivity contribution < 1.29 is 18.0 Å². The van der Waals surface area contributed by atoms with E-state index in [1.54, 1.807) is 26.1 Å². The molecule has 1 aromatic heterocycles. The van der Waals surface area contributed by atoms with Crippen LogP contribution in [0.25, 0.3) is 0 Å². The zero-order valence-electron chi connectivity index (χ0n) is 12.2. The molecule has 0 aliphatic carbocycles. The zero-order chi connectivity index (χ0) is 17.1. The molecule has 1 amide bonds. The van der Waals surface area contributed by atoms with Gasteiger partial charge in [-0.3, -0.25) is 9.36 Å². The second-order valence-corrected chi connectivity index (χ2v) is 5.35. The molecule has 0 saturated heterocycles. The first-order chi connectivity index (χ1) is 9.93. The van der Waals surface area contributed by atoms with Gasteiger partial charge in [0.05, 0.1) is 12.1 Å².